The molecule has 1 unspecified atom stereocenters. The predicted octanol–water partition coefficient (Wildman–Crippen LogP) is 4.15. The number of aliphatic hydroxyl groups excluding tert-OH is 1. The van der Waals surface area contributed by atoms with Gasteiger partial charge in [-0.1, -0.05) is 30.3 Å². The fourth-order valence-corrected chi connectivity index (χ4v) is 2.00. The summed E-state index contributed by atoms with van der Waals surface area (Å²) in [4.78, 5) is 0. The van der Waals surface area contributed by atoms with Crippen LogP contribution < -0.4 is 4.74 Å². The highest BCUT2D eigenvalue weighted by Gasteiger charge is 2.12. The first kappa shape index (κ1) is 12.5. The van der Waals surface area contributed by atoms with E-state index < -0.39 is 6.10 Å². The molecule has 0 fully saturated rings. The van der Waals surface area contributed by atoms with Gasteiger partial charge in [0.15, 0.2) is 0 Å². The second-order valence-electron chi connectivity index (χ2n) is 4.45. The molecule has 3 aromatic rings. The van der Waals surface area contributed by atoms with Crippen LogP contribution in [0.3, 0.4) is 0 Å². The zero-order chi connectivity index (χ0) is 13.8. The standard InChI is InChI=1S/C17H14O3/c18-17(14-9-10-19-12-14)13-5-4-8-16(11-13)20-15-6-2-1-3-7-15/h1-12,17-18H. The van der Waals surface area contributed by atoms with E-state index in [1.807, 2.05) is 54.6 Å². The third-order valence-electron chi connectivity index (χ3n) is 3.01. The largest absolute Gasteiger partial charge is 0.472 e. The zero-order valence-electron chi connectivity index (χ0n) is 10.8. The molecule has 1 aromatic heterocycles. The van der Waals surface area contributed by atoms with Crippen molar-refractivity contribution in [2.45, 2.75) is 6.10 Å². The molecule has 1 atom stereocenters. The average molecular weight is 266 g/mol. The highest BCUT2D eigenvalue weighted by molar-refractivity contribution is 5.37. The lowest BCUT2D eigenvalue weighted by atomic mass is 10.0. The second kappa shape index (κ2) is 5.63. The average Bonchev–Trinajstić information content (AvgIpc) is 3.02. The van der Waals surface area contributed by atoms with Gasteiger partial charge in [-0.3, -0.25) is 0 Å². The number of aliphatic hydroxyl groups is 1. The van der Waals surface area contributed by atoms with Crippen LogP contribution in [0.25, 0.3) is 0 Å². The number of benzene rings is 2. The fraction of sp³-hybridized carbons (Fsp3) is 0.0588. The van der Waals surface area contributed by atoms with Gasteiger partial charge < -0.3 is 14.3 Å². The van der Waals surface area contributed by atoms with Crippen LogP contribution in [-0.4, -0.2) is 5.11 Å². The molecule has 3 rings (SSSR count). The minimum absolute atomic E-state index is 0.691. The van der Waals surface area contributed by atoms with Crippen molar-refractivity contribution in [2.75, 3.05) is 0 Å². The lowest BCUT2D eigenvalue weighted by Gasteiger charge is -2.11. The molecule has 0 amide bonds. The summed E-state index contributed by atoms with van der Waals surface area (Å²) in [7, 11) is 0. The topological polar surface area (TPSA) is 42.6 Å². The Balaban J connectivity index is 1.83. The Bertz CT molecular complexity index is 660. The van der Waals surface area contributed by atoms with Gasteiger partial charge in [-0.15, -0.1) is 0 Å². The summed E-state index contributed by atoms with van der Waals surface area (Å²) in [5, 5.41) is 10.3. The Hall–Kier alpha value is -2.52. The van der Waals surface area contributed by atoms with E-state index in [0.717, 1.165) is 16.9 Å². The summed E-state index contributed by atoms with van der Waals surface area (Å²) in [5.74, 6) is 1.46. The molecular weight excluding hydrogens is 252 g/mol. The van der Waals surface area contributed by atoms with Crippen LogP contribution in [0, 0.1) is 0 Å². The lowest BCUT2D eigenvalue weighted by molar-refractivity contribution is 0.219. The van der Waals surface area contributed by atoms with Crippen molar-refractivity contribution in [3.05, 3.63) is 84.3 Å². The SMILES string of the molecule is OC(c1ccoc1)c1cccc(Oc2ccccc2)c1. The Kier molecular flexibility index (Phi) is 3.52. The summed E-state index contributed by atoms with van der Waals surface area (Å²) in [6.45, 7) is 0. The molecule has 0 radical (unpaired) electrons. The van der Waals surface area contributed by atoms with Crippen molar-refractivity contribution in [1.82, 2.24) is 0 Å². The minimum atomic E-state index is -0.715. The molecule has 0 aliphatic carbocycles. The smallest absolute Gasteiger partial charge is 0.127 e. The van der Waals surface area contributed by atoms with E-state index in [0.29, 0.717) is 5.75 Å². The molecule has 0 saturated carbocycles. The fourth-order valence-electron chi connectivity index (χ4n) is 2.00. The quantitative estimate of drug-likeness (QED) is 0.771. The molecule has 1 heterocycles. The molecule has 0 spiro atoms. The van der Waals surface area contributed by atoms with E-state index in [4.69, 9.17) is 9.15 Å². The third kappa shape index (κ3) is 2.73. The maximum absolute atomic E-state index is 10.3. The van der Waals surface area contributed by atoms with E-state index in [1.165, 1.54) is 6.26 Å². The number of rotatable bonds is 4. The van der Waals surface area contributed by atoms with Gasteiger partial charge in [0.1, 0.15) is 17.6 Å². The Labute approximate surface area is 117 Å². The highest BCUT2D eigenvalue weighted by Crippen LogP contribution is 2.27. The van der Waals surface area contributed by atoms with Gasteiger partial charge in [0.05, 0.1) is 12.5 Å². The second-order valence-corrected chi connectivity index (χ2v) is 4.45. The van der Waals surface area contributed by atoms with Gasteiger partial charge in [-0.25, -0.2) is 0 Å². The van der Waals surface area contributed by atoms with Crippen molar-refractivity contribution < 1.29 is 14.3 Å². The van der Waals surface area contributed by atoms with E-state index >= 15 is 0 Å². The first-order chi connectivity index (χ1) is 9.83. The number of para-hydroxylation sites is 1. The molecule has 20 heavy (non-hydrogen) atoms. The molecule has 0 saturated heterocycles. The van der Waals surface area contributed by atoms with Gasteiger partial charge in [-0.2, -0.15) is 0 Å². The monoisotopic (exact) mass is 266 g/mol. The third-order valence-corrected chi connectivity index (χ3v) is 3.01. The Morgan fingerprint density at radius 2 is 1.65 bits per heavy atom. The first-order valence-corrected chi connectivity index (χ1v) is 6.36. The summed E-state index contributed by atoms with van der Waals surface area (Å²) in [6.07, 6.45) is 2.37. The number of hydrogen-bond donors (Lipinski definition) is 1. The van der Waals surface area contributed by atoms with Crippen LogP contribution in [0.1, 0.15) is 17.2 Å². The molecule has 100 valence electrons. The van der Waals surface area contributed by atoms with Crippen molar-refractivity contribution in [1.29, 1.82) is 0 Å². The zero-order valence-corrected chi connectivity index (χ0v) is 10.8. The molecule has 3 nitrogen and oxygen atoms in total. The van der Waals surface area contributed by atoms with Crippen LogP contribution in [0.2, 0.25) is 0 Å². The van der Waals surface area contributed by atoms with E-state index in [9.17, 15) is 5.11 Å². The van der Waals surface area contributed by atoms with Crippen LogP contribution in [0.5, 0.6) is 11.5 Å². The minimum Gasteiger partial charge on any atom is -0.472 e. The summed E-state index contributed by atoms with van der Waals surface area (Å²) >= 11 is 0. The lowest BCUT2D eigenvalue weighted by Crippen LogP contribution is -1.98. The van der Waals surface area contributed by atoms with Crippen molar-refractivity contribution in [2.24, 2.45) is 0 Å². The molecule has 0 bridgehead atoms. The number of furan rings is 1. The van der Waals surface area contributed by atoms with Gasteiger partial charge in [0.2, 0.25) is 0 Å². The molecule has 2 aromatic carbocycles. The molecular formula is C17H14O3. The van der Waals surface area contributed by atoms with E-state index in [1.54, 1.807) is 12.3 Å². The summed E-state index contributed by atoms with van der Waals surface area (Å²) < 4.78 is 10.7. The van der Waals surface area contributed by atoms with E-state index in [2.05, 4.69) is 0 Å². The number of hydrogen-bond acceptors (Lipinski definition) is 3. The molecule has 1 N–H and O–H groups in total. The molecule has 0 aliphatic heterocycles. The molecule has 0 aliphatic rings. The van der Waals surface area contributed by atoms with Gasteiger partial charge >= 0.3 is 0 Å². The maximum atomic E-state index is 10.3. The normalized spacial score (nSPS) is 12.1. The number of ether oxygens (including phenoxy) is 1. The predicted molar refractivity (Wildman–Crippen MR) is 75.7 cm³/mol. The first-order valence-electron chi connectivity index (χ1n) is 6.36. The van der Waals surface area contributed by atoms with Crippen LogP contribution in [0.4, 0.5) is 0 Å². The van der Waals surface area contributed by atoms with Gasteiger partial charge in [-0.05, 0) is 35.9 Å². The molecule has 3 heteroatoms. The Morgan fingerprint density at radius 3 is 2.40 bits per heavy atom. The van der Waals surface area contributed by atoms with Crippen LogP contribution in [0.15, 0.2) is 77.6 Å². The summed E-state index contributed by atoms with van der Waals surface area (Å²) in [5.41, 5.74) is 1.49. The van der Waals surface area contributed by atoms with Crippen molar-refractivity contribution in [3.8, 4) is 11.5 Å². The Morgan fingerprint density at radius 1 is 0.850 bits per heavy atom. The van der Waals surface area contributed by atoms with Crippen LogP contribution >= 0.6 is 0 Å². The highest BCUT2D eigenvalue weighted by atomic mass is 16.5. The van der Waals surface area contributed by atoms with Gasteiger partial charge in [0.25, 0.3) is 0 Å². The van der Waals surface area contributed by atoms with Crippen molar-refractivity contribution in [3.63, 3.8) is 0 Å². The maximum Gasteiger partial charge on any atom is 0.127 e. The summed E-state index contributed by atoms with van der Waals surface area (Å²) in [6, 6.07) is 18.7. The van der Waals surface area contributed by atoms with E-state index in [-0.39, 0.29) is 0 Å². The van der Waals surface area contributed by atoms with Crippen molar-refractivity contribution >= 4 is 0 Å². The van der Waals surface area contributed by atoms with Gasteiger partial charge in [0, 0.05) is 5.56 Å². The van der Waals surface area contributed by atoms with Crippen LogP contribution in [-0.2, 0) is 0 Å².